The van der Waals surface area contributed by atoms with Gasteiger partial charge in [0.05, 0.1) is 24.4 Å². The summed E-state index contributed by atoms with van der Waals surface area (Å²) in [4.78, 5) is 11.8. The van der Waals surface area contributed by atoms with Crippen molar-refractivity contribution in [3.8, 4) is 0 Å². The molecule has 3 aliphatic carbocycles. The molecule has 4 fully saturated rings. The molecule has 5 rings (SSSR count). The SMILES string of the molecule is O=C1C=CC23C[C@@H]4O[C@@H]4CC2(C1)C[C@@H]1O[C@@H]1C3. The summed E-state index contributed by atoms with van der Waals surface area (Å²) in [5.41, 5.74) is 0.365. The third-order valence-corrected chi connectivity index (χ3v) is 5.85. The van der Waals surface area contributed by atoms with Crippen LogP contribution in [0.2, 0.25) is 0 Å². The highest BCUT2D eigenvalue weighted by molar-refractivity contribution is 5.91. The average Bonchev–Trinajstić information content (AvgIpc) is 3.15. The monoisotopic (exact) mass is 232 g/mol. The van der Waals surface area contributed by atoms with Crippen LogP contribution >= 0.6 is 0 Å². The van der Waals surface area contributed by atoms with Crippen molar-refractivity contribution in [1.29, 1.82) is 0 Å². The van der Waals surface area contributed by atoms with Gasteiger partial charge >= 0.3 is 0 Å². The average molecular weight is 232 g/mol. The number of epoxide rings is 2. The summed E-state index contributed by atoms with van der Waals surface area (Å²) in [6.45, 7) is 0. The second-order valence-electron chi connectivity index (χ2n) is 6.66. The van der Waals surface area contributed by atoms with Crippen LogP contribution in [-0.4, -0.2) is 30.2 Å². The van der Waals surface area contributed by atoms with Gasteiger partial charge in [-0.2, -0.15) is 0 Å². The minimum Gasteiger partial charge on any atom is -0.370 e. The number of carbonyl (C=O) groups excluding carboxylic acids is 1. The first-order chi connectivity index (χ1) is 8.20. The largest absolute Gasteiger partial charge is 0.370 e. The Morgan fingerprint density at radius 1 is 1.00 bits per heavy atom. The molecule has 2 saturated heterocycles. The van der Waals surface area contributed by atoms with Gasteiger partial charge in [-0.05, 0) is 37.2 Å². The maximum atomic E-state index is 11.8. The lowest BCUT2D eigenvalue weighted by Gasteiger charge is -2.54. The van der Waals surface area contributed by atoms with E-state index in [2.05, 4.69) is 6.08 Å². The lowest BCUT2D eigenvalue weighted by atomic mass is 9.47. The maximum absolute atomic E-state index is 11.8. The number of hydrogen-bond acceptors (Lipinski definition) is 3. The highest BCUT2D eigenvalue weighted by Gasteiger charge is 2.69. The van der Waals surface area contributed by atoms with E-state index in [1.165, 1.54) is 0 Å². The predicted molar refractivity (Wildman–Crippen MR) is 59.4 cm³/mol. The van der Waals surface area contributed by atoms with E-state index in [4.69, 9.17) is 9.47 Å². The van der Waals surface area contributed by atoms with E-state index in [0.29, 0.717) is 30.2 Å². The molecule has 3 nitrogen and oxygen atoms in total. The van der Waals surface area contributed by atoms with E-state index in [0.717, 1.165) is 32.1 Å². The van der Waals surface area contributed by atoms with Gasteiger partial charge in [-0.25, -0.2) is 0 Å². The van der Waals surface area contributed by atoms with E-state index in [-0.39, 0.29) is 10.8 Å². The van der Waals surface area contributed by atoms with Crippen LogP contribution in [0, 0.1) is 10.8 Å². The summed E-state index contributed by atoms with van der Waals surface area (Å²) >= 11 is 0. The number of fused-ring (bicyclic) bond motifs is 2. The molecular weight excluding hydrogens is 216 g/mol. The van der Waals surface area contributed by atoms with Crippen molar-refractivity contribution in [2.24, 2.45) is 10.8 Å². The van der Waals surface area contributed by atoms with Crippen LogP contribution in [0.5, 0.6) is 0 Å². The Hall–Kier alpha value is -0.670. The van der Waals surface area contributed by atoms with Gasteiger partial charge in [0.15, 0.2) is 5.78 Å². The Kier molecular flexibility index (Phi) is 1.38. The first-order valence-corrected chi connectivity index (χ1v) is 6.73. The summed E-state index contributed by atoms with van der Waals surface area (Å²) < 4.78 is 11.5. The van der Waals surface area contributed by atoms with Gasteiger partial charge in [-0.3, -0.25) is 4.79 Å². The van der Waals surface area contributed by atoms with Gasteiger partial charge in [-0.1, -0.05) is 6.08 Å². The summed E-state index contributed by atoms with van der Waals surface area (Å²) in [7, 11) is 0. The first kappa shape index (κ1) is 9.29. The van der Waals surface area contributed by atoms with Crippen molar-refractivity contribution in [1.82, 2.24) is 0 Å². The van der Waals surface area contributed by atoms with Crippen molar-refractivity contribution < 1.29 is 14.3 Å². The van der Waals surface area contributed by atoms with Crippen molar-refractivity contribution in [2.45, 2.75) is 56.5 Å². The van der Waals surface area contributed by atoms with E-state index in [9.17, 15) is 4.79 Å². The van der Waals surface area contributed by atoms with E-state index in [1.807, 2.05) is 6.08 Å². The van der Waals surface area contributed by atoms with Gasteiger partial charge in [0.25, 0.3) is 0 Å². The Bertz CT molecular complexity index is 430. The fraction of sp³-hybridized carbons (Fsp3) is 0.786. The molecule has 0 aromatic carbocycles. The zero-order chi connectivity index (χ0) is 11.3. The number of carbonyl (C=O) groups is 1. The number of ketones is 1. The molecule has 6 atom stereocenters. The lowest BCUT2D eigenvalue weighted by molar-refractivity contribution is -0.123. The van der Waals surface area contributed by atoms with E-state index < -0.39 is 0 Å². The molecule has 0 aromatic heterocycles. The quantitative estimate of drug-likeness (QED) is 0.596. The molecule has 5 aliphatic rings. The van der Waals surface area contributed by atoms with Gasteiger partial charge in [0.1, 0.15) is 0 Å². The van der Waals surface area contributed by atoms with Crippen LogP contribution in [-0.2, 0) is 14.3 Å². The molecule has 3 heteroatoms. The molecule has 2 aliphatic heterocycles. The number of allylic oxidation sites excluding steroid dienone is 2. The van der Waals surface area contributed by atoms with Crippen molar-refractivity contribution in [2.75, 3.05) is 0 Å². The normalized spacial score (nSPS) is 62.0. The highest BCUT2D eigenvalue weighted by Crippen LogP contribution is 2.69. The van der Waals surface area contributed by atoms with Crippen LogP contribution in [0.4, 0.5) is 0 Å². The molecule has 0 bridgehead atoms. The van der Waals surface area contributed by atoms with Crippen LogP contribution in [0.25, 0.3) is 0 Å². The molecule has 0 N–H and O–H groups in total. The molecule has 17 heavy (non-hydrogen) atoms. The minimum absolute atomic E-state index is 0.161. The molecule has 0 radical (unpaired) electrons. The first-order valence-electron chi connectivity index (χ1n) is 6.73. The number of hydrogen-bond donors (Lipinski definition) is 0. The van der Waals surface area contributed by atoms with Crippen LogP contribution in [0.15, 0.2) is 12.2 Å². The zero-order valence-electron chi connectivity index (χ0n) is 9.72. The van der Waals surface area contributed by atoms with Crippen molar-refractivity contribution >= 4 is 5.78 Å². The summed E-state index contributed by atoms with van der Waals surface area (Å²) in [5.74, 6) is 0.304. The molecule has 0 aromatic rings. The van der Waals surface area contributed by atoms with Crippen LogP contribution in [0.3, 0.4) is 0 Å². The van der Waals surface area contributed by atoms with Gasteiger partial charge in [0.2, 0.25) is 0 Å². The second kappa shape index (κ2) is 2.52. The van der Waals surface area contributed by atoms with Crippen LogP contribution in [0.1, 0.15) is 32.1 Å². The fourth-order valence-electron chi connectivity index (χ4n) is 4.85. The number of rotatable bonds is 0. The third kappa shape index (κ3) is 1.03. The number of ether oxygens (including phenoxy) is 2. The Morgan fingerprint density at radius 2 is 1.59 bits per heavy atom. The Balaban J connectivity index is 1.66. The molecule has 90 valence electrons. The van der Waals surface area contributed by atoms with E-state index >= 15 is 0 Å². The van der Waals surface area contributed by atoms with E-state index in [1.54, 1.807) is 0 Å². The smallest absolute Gasteiger partial charge is 0.155 e. The Morgan fingerprint density at radius 3 is 2.24 bits per heavy atom. The van der Waals surface area contributed by atoms with Crippen molar-refractivity contribution in [3.63, 3.8) is 0 Å². The summed E-state index contributed by atoms with van der Waals surface area (Å²) in [5, 5.41) is 0. The standard InChI is InChI=1S/C14H16O3/c15-8-1-2-13-4-9-11(16-9)6-14(13,3-8)7-12-10(5-13)17-12/h1-2,9-12H,3-7H2/t9-,10+,11+,12-,13?,14?. The molecular formula is C14H16O3. The van der Waals surface area contributed by atoms with Crippen LogP contribution < -0.4 is 0 Å². The molecule has 2 saturated carbocycles. The van der Waals surface area contributed by atoms with Gasteiger partial charge in [-0.15, -0.1) is 0 Å². The fourth-order valence-corrected chi connectivity index (χ4v) is 4.85. The predicted octanol–water partition coefficient (Wildman–Crippen LogP) is 1.61. The zero-order valence-corrected chi connectivity index (χ0v) is 9.72. The lowest BCUT2D eigenvalue weighted by Crippen LogP contribution is -2.52. The van der Waals surface area contributed by atoms with Gasteiger partial charge in [0, 0.05) is 11.8 Å². The molecule has 0 spiro atoms. The summed E-state index contributed by atoms with van der Waals surface area (Å²) in [6, 6.07) is 0. The summed E-state index contributed by atoms with van der Waals surface area (Å²) in [6.07, 6.45) is 11.0. The third-order valence-electron chi connectivity index (χ3n) is 5.85. The molecule has 0 amide bonds. The highest BCUT2D eigenvalue weighted by atomic mass is 16.6. The molecule has 2 heterocycles. The van der Waals surface area contributed by atoms with Gasteiger partial charge < -0.3 is 9.47 Å². The minimum atomic E-state index is 0.161. The Labute approximate surface area is 100 Å². The second-order valence-corrected chi connectivity index (χ2v) is 6.66. The van der Waals surface area contributed by atoms with Crippen molar-refractivity contribution in [3.05, 3.63) is 12.2 Å². The molecule has 2 unspecified atom stereocenters. The maximum Gasteiger partial charge on any atom is 0.155 e. The topological polar surface area (TPSA) is 42.1 Å².